The Morgan fingerprint density at radius 1 is 1.37 bits per heavy atom. The molecule has 0 aliphatic carbocycles. The SMILES string of the molecule is CCNC(C)c1ccc(N(C)CC2CCCO2)cc1. The second-order valence-corrected chi connectivity index (χ2v) is 5.39. The molecule has 1 N–H and O–H groups in total. The van der Waals surface area contributed by atoms with E-state index in [-0.39, 0.29) is 0 Å². The fourth-order valence-corrected chi connectivity index (χ4v) is 2.64. The number of ether oxygens (including phenoxy) is 1. The lowest BCUT2D eigenvalue weighted by Crippen LogP contribution is -2.28. The van der Waals surface area contributed by atoms with Crippen LogP contribution in [0, 0.1) is 0 Å². The van der Waals surface area contributed by atoms with E-state index in [2.05, 4.69) is 55.4 Å². The Kier molecular flexibility index (Phi) is 5.23. The quantitative estimate of drug-likeness (QED) is 0.853. The minimum absolute atomic E-state index is 0.408. The van der Waals surface area contributed by atoms with Crippen LogP contribution in [0.1, 0.15) is 38.3 Å². The molecule has 1 aliphatic heterocycles. The van der Waals surface area contributed by atoms with Crippen molar-refractivity contribution < 1.29 is 4.74 Å². The molecule has 2 unspecified atom stereocenters. The Morgan fingerprint density at radius 3 is 2.68 bits per heavy atom. The van der Waals surface area contributed by atoms with Gasteiger partial charge in [0.15, 0.2) is 0 Å². The molecule has 19 heavy (non-hydrogen) atoms. The molecule has 0 bridgehead atoms. The molecule has 0 saturated carbocycles. The van der Waals surface area contributed by atoms with Crippen LogP contribution in [0.3, 0.4) is 0 Å². The number of likely N-dealkylation sites (N-methyl/N-ethyl adjacent to an activating group) is 1. The van der Waals surface area contributed by atoms with E-state index < -0.39 is 0 Å². The normalized spacial score (nSPS) is 20.5. The summed E-state index contributed by atoms with van der Waals surface area (Å²) in [6, 6.07) is 9.27. The highest BCUT2D eigenvalue weighted by Crippen LogP contribution is 2.20. The summed E-state index contributed by atoms with van der Waals surface area (Å²) in [6.07, 6.45) is 2.81. The summed E-state index contributed by atoms with van der Waals surface area (Å²) >= 11 is 0. The van der Waals surface area contributed by atoms with Gasteiger partial charge >= 0.3 is 0 Å². The highest BCUT2D eigenvalue weighted by atomic mass is 16.5. The molecule has 0 radical (unpaired) electrons. The molecule has 1 aliphatic rings. The van der Waals surface area contributed by atoms with Gasteiger partial charge in [0.25, 0.3) is 0 Å². The lowest BCUT2D eigenvalue weighted by molar-refractivity contribution is 0.116. The van der Waals surface area contributed by atoms with Crippen molar-refractivity contribution in [2.75, 3.05) is 31.6 Å². The van der Waals surface area contributed by atoms with Crippen molar-refractivity contribution in [3.05, 3.63) is 29.8 Å². The third-order valence-electron chi connectivity index (χ3n) is 3.85. The van der Waals surface area contributed by atoms with Crippen LogP contribution in [0.5, 0.6) is 0 Å². The van der Waals surface area contributed by atoms with Crippen molar-refractivity contribution in [2.45, 2.75) is 38.8 Å². The van der Waals surface area contributed by atoms with E-state index in [4.69, 9.17) is 4.74 Å². The van der Waals surface area contributed by atoms with E-state index in [1.165, 1.54) is 24.1 Å². The molecule has 1 fully saturated rings. The molecule has 1 saturated heterocycles. The largest absolute Gasteiger partial charge is 0.376 e. The molecular weight excluding hydrogens is 236 g/mol. The molecule has 2 rings (SSSR count). The van der Waals surface area contributed by atoms with E-state index >= 15 is 0 Å². The van der Waals surface area contributed by atoms with E-state index in [1.54, 1.807) is 0 Å². The first-order chi connectivity index (χ1) is 9.20. The van der Waals surface area contributed by atoms with Gasteiger partial charge in [-0.3, -0.25) is 0 Å². The van der Waals surface area contributed by atoms with Crippen LogP contribution in [0.25, 0.3) is 0 Å². The maximum Gasteiger partial charge on any atom is 0.0750 e. The maximum absolute atomic E-state index is 5.69. The molecule has 0 aromatic heterocycles. The molecule has 1 aromatic carbocycles. The zero-order valence-electron chi connectivity index (χ0n) is 12.4. The Hall–Kier alpha value is -1.06. The van der Waals surface area contributed by atoms with Gasteiger partial charge in [-0.15, -0.1) is 0 Å². The van der Waals surface area contributed by atoms with Gasteiger partial charge in [0.1, 0.15) is 0 Å². The van der Waals surface area contributed by atoms with Crippen LogP contribution in [0.4, 0.5) is 5.69 Å². The first kappa shape index (κ1) is 14.4. The van der Waals surface area contributed by atoms with Crippen LogP contribution >= 0.6 is 0 Å². The molecule has 3 heteroatoms. The first-order valence-corrected chi connectivity index (χ1v) is 7.36. The minimum Gasteiger partial charge on any atom is -0.376 e. The number of hydrogen-bond acceptors (Lipinski definition) is 3. The molecule has 3 nitrogen and oxygen atoms in total. The molecule has 2 atom stereocenters. The summed E-state index contributed by atoms with van der Waals surface area (Å²) in [4.78, 5) is 2.29. The van der Waals surface area contributed by atoms with Gasteiger partial charge in [0.2, 0.25) is 0 Å². The van der Waals surface area contributed by atoms with Gasteiger partial charge in [0.05, 0.1) is 6.10 Å². The van der Waals surface area contributed by atoms with Crippen molar-refractivity contribution in [3.63, 3.8) is 0 Å². The fraction of sp³-hybridized carbons (Fsp3) is 0.625. The second kappa shape index (κ2) is 6.92. The van der Waals surface area contributed by atoms with Crippen LogP contribution in [0.2, 0.25) is 0 Å². The van der Waals surface area contributed by atoms with Crippen molar-refractivity contribution in [3.8, 4) is 0 Å². The molecule has 0 amide bonds. The van der Waals surface area contributed by atoms with E-state index in [9.17, 15) is 0 Å². The van der Waals surface area contributed by atoms with Crippen molar-refractivity contribution >= 4 is 5.69 Å². The number of rotatable bonds is 6. The number of anilines is 1. The highest BCUT2D eigenvalue weighted by Gasteiger charge is 2.17. The highest BCUT2D eigenvalue weighted by molar-refractivity contribution is 5.47. The van der Waals surface area contributed by atoms with E-state index in [1.807, 2.05) is 0 Å². The van der Waals surface area contributed by atoms with Crippen molar-refractivity contribution in [1.29, 1.82) is 0 Å². The zero-order valence-corrected chi connectivity index (χ0v) is 12.4. The van der Waals surface area contributed by atoms with Crippen LogP contribution in [-0.2, 0) is 4.74 Å². The third-order valence-corrected chi connectivity index (χ3v) is 3.85. The lowest BCUT2D eigenvalue weighted by atomic mass is 10.1. The van der Waals surface area contributed by atoms with Gasteiger partial charge in [-0.25, -0.2) is 0 Å². The summed E-state index contributed by atoms with van der Waals surface area (Å²) in [5, 5.41) is 3.44. The second-order valence-electron chi connectivity index (χ2n) is 5.39. The Balaban J connectivity index is 1.93. The number of nitrogens with one attached hydrogen (secondary N) is 1. The van der Waals surface area contributed by atoms with Crippen LogP contribution in [-0.4, -0.2) is 32.8 Å². The first-order valence-electron chi connectivity index (χ1n) is 7.36. The average Bonchev–Trinajstić information content (AvgIpc) is 2.92. The predicted molar refractivity (Wildman–Crippen MR) is 80.8 cm³/mol. The number of nitrogens with zero attached hydrogens (tertiary/aromatic N) is 1. The molecule has 106 valence electrons. The maximum atomic E-state index is 5.69. The van der Waals surface area contributed by atoms with Crippen molar-refractivity contribution in [2.24, 2.45) is 0 Å². The summed E-state index contributed by atoms with van der Waals surface area (Å²) in [5.74, 6) is 0. The summed E-state index contributed by atoms with van der Waals surface area (Å²) in [5.41, 5.74) is 2.61. The van der Waals surface area contributed by atoms with Crippen LogP contribution in [0.15, 0.2) is 24.3 Å². The average molecular weight is 262 g/mol. The van der Waals surface area contributed by atoms with E-state index in [0.29, 0.717) is 12.1 Å². The monoisotopic (exact) mass is 262 g/mol. The van der Waals surface area contributed by atoms with Gasteiger partial charge in [-0.1, -0.05) is 19.1 Å². The van der Waals surface area contributed by atoms with Gasteiger partial charge in [-0.05, 0) is 44.0 Å². The predicted octanol–water partition coefficient (Wildman–Crippen LogP) is 2.97. The third kappa shape index (κ3) is 3.95. The molecular formula is C16H26N2O. The van der Waals surface area contributed by atoms with Crippen molar-refractivity contribution in [1.82, 2.24) is 5.32 Å². The number of benzene rings is 1. The summed E-state index contributed by atoms with van der Waals surface area (Å²) < 4.78 is 5.69. The molecule has 1 heterocycles. The van der Waals surface area contributed by atoms with E-state index in [0.717, 1.165) is 19.7 Å². The Morgan fingerprint density at radius 2 is 2.11 bits per heavy atom. The van der Waals surface area contributed by atoms with Crippen LogP contribution < -0.4 is 10.2 Å². The smallest absolute Gasteiger partial charge is 0.0750 e. The zero-order chi connectivity index (χ0) is 13.7. The van der Waals surface area contributed by atoms with Gasteiger partial charge in [0, 0.05) is 31.9 Å². The summed E-state index contributed by atoms with van der Waals surface area (Å²) in [6.45, 7) is 7.26. The molecule has 0 spiro atoms. The topological polar surface area (TPSA) is 24.5 Å². The Labute approximate surface area is 116 Å². The lowest BCUT2D eigenvalue weighted by Gasteiger charge is -2.23. The van der Waals surface area contributed by atoms with Gasteiger partial charge in [-0.2, -0.15) is 0 Å². The molecule has 1 aromatic rings. The standard InChI is InChI=1S/C16H26N2O/c1-4-17-13(2)14-7-9-15(10-8-14)18(3)12-16-6-5-11-19-16/h7-10,13,16-17H,4-6,11-12H2,1-3H3. The minimum atomic E-state index is 0.408. The fourth-order valence-electron chi connectivity index (χ4n) is 2.64. The Bertz CT molecular complexity index is 371. The summed E-state index contributed by atoms with van der Waals surface area (Å²) in [7, 11) is 2.14. The van der Waals surface area contributed by atoms with Gasteiger partial charge < -0.3 is 15.0 Å². The number of hydrogen-bond donors (Lipinski definition) is 1.